The largest absolute Gasteiger partial charge is 0.352 e. The van der Waals surface area contributed by atoms with Crippen molar-refractivity contribution in [2.24, 2.45) is 0 Å². The lowest BCUT2D eigenvalue weighted by molar-refractivity contribution is 0.312. The van der Waals surface area contributed by atoms with Gasteiger partial charge >= 0.3 is 0 Å². The first-order chi connectivity index (χ1) is 12.9. The zero-order valence-electron chi connectivity index (χ0n) is 15.3. The van der Waals surface area contributed by atoms with Gasteiger partial charge in [-0.1, -0.05) is 6.07 Å². The van der Waals surface area contributed by atoms with Gasteiger partial charge < -0.3 is 9.80 Å². The fraction of sp³-hybridized carbons (Fsp3) is 0.438. The Bertz CT molecular complexity index is 1070. The number of hydrogen-bond acceptors (Lipinski definition) is 9. The van der Waals surface area contributed by atoms with Gasteiger partial charge in [0, 0.05) is 32.4 Å². The molecule has 0 N–H and O–H groups in total. The van der Waals surface area contributed by atoms with Crippen LogP contribution in [0, 0.1) is 6.92 Å². The minimum atomic E-state index is -3.71. The number of aromatic nitrogens is 4. The van der Waals surface area contributed by atoms with Gasteiger partial charge in [-0.3, -0.25) is 0 Å². The molecule has 1 aliphatic heterocycles. The second-order valence-corrected chi connectivity index (χ2v) is 10.1. The summed E-state index contributed by atoms with van der Waals surface area (Å²) in [7, 11) is -1.62. The lowest BCUT2D eigenvalue weighted by Crippen LogP contribution is -2.45. The molecule has 0 spiro atoms. The van der Waals surface area contributed by atoms with Crippen LogP contribution in [0.5, 0.6) is 0 Å². The van der Waals surface area contributed by atoms with Crippen molar-refractivity contribution >= 4 is 50.0 Å². The van der Waals surface area contributed by atoms with Crippen LogP contribution in [0.25, 0.3) is 11.0 Å². The van der Waals surface area contributed by atoms with Gasteiger partial charge in [0.15, 0.2) is 16.4 Å². The molecule has 3 aromatic rings. The van der Waals surface area contributed by atoms with E-state index in [0.717, 1.165) is 26.2 Å². The lowest BCUT2D eigenvalue weighted by Gasteiger charge is -2.33. The Morgan fingerprint density at radius 3 is 2.52 bits per heavy atom. The Labute approximate surface area is 166 Å². The predicted octanol–water partition coefficient (Wildman–Crippen LogP) is 1.91. The summed E-state index contributed by atoms with van der Waals surface area (Å²) < 4.78 is 28.2. The minimum absolute atomic E-state index is 0.119. The molecule has 0 amide bonds. The maximum atomic E-state index is 13.2. The van der Waals surface area contributed by atoms with E-state index in [1.54, 1.807) is 30.7 Å². The average molecular weight is 425 g/mol. The number of likely N-dealkylation sites (N-methyl/N-ethyl adjacent to an activating group) is 1. The summed E-state index contributed by atoms with van der Waals surface area (Å²) in [6.07, 6.45) is 1.80. The Hall–Kier alpha value is -1.69. The van der Waals surface area contributed by atoms with E-state index in [0.29, 0.717) is 22.7 Å². The minimum Gasteiger partial charge on any atom is -0.352 e. The molecule has 4 heterocycles. The molecule has 3 aromatic heterocycles. The van der Waals surface area contributed by atoms with Gasteiger partial charge in [0.05, 0.1) is 0 Å². The van der Waals surface area contributed by atoms with Gasteiger partial charge in [-0.25, -0.2) is 18.4 Å². The van der Waals surface area contributed by atoms with E-state index >= 15 is 0 Å². The summed E-state index contributed by atoms with van der Waals surface area (Å²) in [5.74, 6) is 1.25. The molecule has 0 bridgehead atoms. The van der Waals surface area contributed by atoms with Gasteiger partial charge in [-0.15, -0.1) is 11.3 Å². The highest BCUT2D eigenvalue weighted by atomic mass is 32.2. The van der Waals surface area contributed by atoms with E-state index in [9.17, 15) is 8.42 Å². The van der Waals surface area contributed by atoms with Crippen molar-refractivity contribution in [3.8, 4) is 0 Å². The van der Waals surface area contributed by atoms with Crippen molar-refractivity contribution in [3.05, 3.63) is 23.3 Å². The molecule has 1 fully saturated rings. The average Bonchev–Trinajstić information content (AvgIpc) is 3.30. The van der Waals surface area contributed by atoms with Crippen LogP contribution in [-0.4, -0.2) is 72.0 Å². The van der Waals surface area contributed by atoms with Crippen molar-refractivity contribution in [2.45, 2.75) is 16.2 Å². The van der Waals surface area contributed by atoms with Gasteiger partial charge in [0.25, 0.3) is 0 Å². The van der Waals surface area contributed by atoms with E-state index in [1.165, 1.54) is 27.4 Å². The van der Waals surface area contributed by atoms with Crippen molar-refractivity contribution in [3.63, 3.8) is 0 Å². The SMILES string of the molecule is CSn1nc2c(N3CCN(C)CC3)nc(C)nc2c1S(=O)(=O)c1cccs1. The van der Waals surface area contributed by atoms with Crippen molar-refractivity contribution < 1.29 is 8.42 Å². The first-order valence-corrected chi connectivity index (χ1v) is 12.0. The van der Waals surface area contributed by atoms with Gasteiger partial charge in [0.2, 0.25) is 9.84 Å². The number of aryl methyl sites for hydroxylation is 1. The van der Waals surface area contributed by atoms with Crippen LogP contribution >= 0.6 is 23.3 Å². The molecule has 0 unspecified atom stereocenters. The third-order valence-corrected chi connectivity index (χ3v) is 8.41. The standard InChI is InChI=1S/C16H20N6O2S3/c1-11-17-14-13(15(18-11)21-8-6-20(2)7-9-21)19-22(25-3)16(14)27(23,24)12-5-4-10-26-12/h4-5,10H,6-9H2,1-3H3. The smallest absolute Gasteiger partial charge is 0.236 e. The highest BCUT2D eigenvalue weighted by Crippen LogP contribution is 2.34. The fourth-order valence-electron chi connectivity index (χ4n) is 3.12. The summed E-state index contributed by atoms with van der Waals surface area (Å²) in [6, 6.07) is 3.34. The Morgan fingerprint density at radius 1 is 1.15 bits per heavy atom. The second-order valence-electron chi connectivity index (χ2n) is 6.38. The number of piperazine rings is 1. The van der Waals surface area contributed by atoms with Gasteiger partial charge in [-0.2, -0.15) is 9.19 Å². The summed E-state index contributed by atoms with van der Waals surface area (Å²) in [4.78, 5) is 13.5. The van der Waals surface area contributed by atoms with E-state index in [-0.39, 0.29) is 9.24 Å². The van der Waals surface area contributed by atoms with Crippen LogP contribution in [0.2, 0.25) is 0 Å². The number of rotatable bonds is 4. The molecular formula is C16H20N6O2S3. The van der Waals surface area contributed by atoms with Gasteiger partial charge in [0.1, 0.15) is 15.6 Å². The summed E-state index contributed by atoms with van der Waals surface area (Å²) in [5.41, 5.74) is 0.925. The number of thiophene rings is 1. The molecule has 11 heteroatoms. The Balaban J connectivity index is 1.94. The Morgan fingerprint density at radius 2 is 1.89 bits per heavy atom. The third kappa shape index (κ3) is 3.22. The molecule has 0 saturated carbocycles. The van der Waals surface area contributed by atoms with E-state index in [1.807, 2.05) is 0 Å². The molecule has 0 radical (unpaired) electrons. The molecule has 8 nitrogen and oxygen atoms in total. The highest BCUT2D eigenvalue weighted by molar-refractivity contribution is 7.98. The van der Waals surface area contributed by atoms with E-state index in [2.05, 4.69) is 31.9 Å². The number of fused-ring (bicyclic) bond motifs is 1. The quantitative estimate of drug-likeness (QED) is 0.628. The highest BCUT2D eigenvalue weighted by Gasteiger charge is 2.31. The van der Waals surface area contributed by atoms with Crippen LogP contribution < -0.4 is 4.90 Å². The molecule has 27 heavy (non-hydrogen) atoms. The van der Waals surface area contributed by atoms with Crippen molar-refractivity contribution in [1.29, 1.82) is 0 Å². The molecule has 0 atom stereocenters. The number of anilines is 1. The zero-order chi connectivity index (χ0) is 19.2. The normalized spacial score (nSPS) is 16.3. The fourth-order valence-corrected chi connectivity index (χ4v) is 6.51. The third-order valence-electron chi connectivity index (χ3n) is 4.53. The molecule has 0 aliphatic carbocycles. The van der Waals surface area contributed by atoms with Crippen LogP contribution in [0.15, 0.2) is 26.7 Å². The van der Waals surface area contributed by atoms with Crippen molar-refractivity contribution in [2.75, 3.05) is 44.4 Å². The first-order valence-electron chi connectivity index (χ1n) is 8.45. The van der Waals surface area contributed by atoms with E-state index < -0.39 is 9.84 Å². The Kier molecular flexibility index (Phi) is 4.87. The van der Waals surface area contributed by atoms with Crippen molar-refractivity contribution in [1.82, 2.24) is 24.1 Å². The molecule has 144 valence electrons. The second kappa shape index (κ2) is 7.04. The maximum absolute atomic E-state index is 13.2. The number of sulfone groups is 1. The first kappa shape index (κ1) is 18.7. The van der Waals surface area contributed by atoms with Crippen LogP contribution in [-0.2, 0) is 9.84 Å². The number of nitrogens with zero attached hydrogens (tertiary/aromatic N) is 6. The van der Waals surface area contributed by atoms with Crippen LogP contribution in [0.1, 0.15) is 5.82 Å². The predicted molar refractivity (Wildman–Crippen MR) is 108 cm³/mol. The van der Waals surface area contributed by atoms with Crippen LogP contribution in [0.3, 0.4) is 0 Å². The molecular weight excluding hydrogens is 404 g/mol. The van der Waals surface area contributed by atoms with E-state index in [4.69, 9.17) is 0 Å². The maximum Gasteiger partial charge on any atom is 0.236 e. The zero-order valence-corrected chi connectivity index (χ0v) is 17.7. The summed E-state index contributed by atoms with van der Waals surface area (Å²) >= 11 is 2.44. The molecule has 4 rings (SSSR count). The molecule has 0 aromatic carbocycles. The summed E-state index contributed by atoms with van der Waals surface area (Å²) in [5, 5.41) is 6.44. The monoisotopic (exact) mass is 424 g/mol. The van der Waals surface area contributed by atoms with Gasteiger partial charge in [-0.05, 0) is 37.4 Å². The number of hydrogen-bond donors (Lipinski definition) is 0. The molecule has 1 saturated heterocycles. The van der Waals surface area contributed by atoms with Crippen LogP contribution in [0.4, 0.5) is 5.82 Å². The lowest BCUT2D eigenvalue weighted by atomic mass is 10.3. The topological polar surface area (TPSA) is 84.2 Å². The molecule has 1 aliphatic rings. The summed E-state index contributed by atoms with van der Waals surface area (Å²) in [6.45, 7) is 5.28.